The average molecular weight is 510 g/mol. The molecule has 0 aliphatic heterocycles. The Kier molecular flexibility index (Phi) is 13.0. The van der Waals surface area contributed by atoms with E-state index in [1.807, 2.05) is 0 Å². The highest BCUT2D eigenvalue weighted by molar-refractivity contribution is 5.98. The van der Waals surface area contributed by atoms with E-state index >= 15 is 0 Å². The van der Waals surface area contributed by atoms with Gasteiger partial charge in [0.15, 0.2) is 0 Å². The zero-order chi connectivity index (χ0) is 26.3. The second-order valence-corrected chi connectivity index (χ2v) is 9.48. The van der Waals surface area contributed by atoms with Crippen molar-refractivity contribution in [2.75, 3.05) is 6.54 Å². The third-order valence-corrected chi connectivity index (χ3v) is 6.42. The first-order chi connectivity index (χ1) is 17.2. The fourth-order valence-electron chi connectivity index (χ4n) is 4.29. The number of carboxylic acids is 1. The third-order valence-electron chi connectivity index (χ3n) is 6.42. The Hall–Kier alpha value is -2.95. The summed E-state index contributed by atoms with van der Waals surface area (Å²) in [5, 5.41) is 15.8. The number of ether oxygens (including phenoxy) is 2. The maximum atomic E-state index is 12.7. The molecule has 2 amide bonds. The molecule has 2 atom stereocenters. The molecule has 202 valence electrons. The van der Waals surface area contributed by atoms with E-state index in [0.717, 1.165) is 63.5 Å². The second kappa shape index (κ2) is 15.9. The van der Waals surface area contributed by atoms with E-state index < -0.39 is 41.8 Å². The number of unbranched alkanes of at least 4 members (excludes halogenated alkanes) is 1. The van der Waals surface area contributed by atoms with Gasteiger partial charge in [-0.05, 0) is 70.6 Å². The Balaban J connectivity index is 1.78. The third kappa shape index (κ3) is 11.7. The van der Waals surface area contributed by atoms with Gasteiger partial charge in [-0.25, -0.2) is 4.79 Å². The lowest BCUT2D eigenvalue weighted by atomic mass is 10.1. The van der Waals surface area contributed by atoms with Crippen LogP contribution in [0.4, 0.5) is 0 Å². The molecule has 2 rings (SSSR count). The molecule has 2 aliphatic carbocycles. The Bertz CT molecular complexity index is 788. The normalized spacial score (nSPS) is 18.0. The lowest BCUT2D eigenvalue weighted by Crippen LogP contribution is -2.68. The lowest BCUT2D eigenvalue weighted by molar-refractivity contribution is -0.438. The molecule has 11 nitrogen and oxygen atoms in total. The number of quaternary nitrogens is 1. The fraction of sp³-hybridized carbons (Fsp3) is 0.720. The molecule has 0 aromatic carbocycles. The van der Waals surface area contributed by atoms with Gasteiger partial charge in [0, 0.05) is 31.5 Å². The van der Waals surface area contributed by atoms with Gasteiger partial charge < -0.3 is 35.7 Å². The molecule has 0 heterocycles. The number of aliphatic carboxylic acids is 1. The zero-order valence-corrected chi connectivity index (χ0v) is 20.8. The predicted molar refractivity (Wildman–Crippen MR) is 126 cm³/mol. The highest BCUT2D eigenvalue weighted by Gasteiger charge is 2.28. The molecule has 2 fully saturated rings. The lowest BCUT2D eigenvalue weighted by Gasteiger charge is -2.20. The van der Waals surface area contributed by atoms with Crippen molar-refractivity contribution in [2.45, 2.75) is 108 Å². The van der Waals surface area contributed by atoms with Gasteiger partial charge in [-0.2, -0.15) is 0 Å². The van der Waals surface area contributed by atoms with Crippen LogP contribution in [-0.2, 0) is 33.4 Å². The van der Waals surface area contributed by atoms with Crippen LogP contribution in [0.1, 0.15) is 83.5 Å². The van der Waals surface area contributed by atoms with Crippen molar-refractivity contribution in [1.29, 1.82) is 0 Å². The van der Waals surface area contributed by atoms with E-state index in [1.54, 1.807) is 0 Å². The van der Waals surface area contributed by atoms with E-state index in [1.165, 1.54) is 0 Å². The van der Waals surface area contributed by atoms with Crippen LogP contribution < -0.4 is 21.5 Å². The summed E-state index contributed by atoms with van der Waals surface area (Å²) in [6.07, 6.45) is 10.5. The van der Waals surface area contributed by atoms with Crippen LogP contribution >= 0.6 is 0 Å². The quantitative estimate of drug-likeness (QED) is 0.149. The molecule has 0 bridgehead atoms. The standard InChI is InChI=1S/C25H39N3O8/c26-19(24(32)33)11-5-6-16-27-21(29)13-14-22(30)28-20(25(34)36-18-9-3-4-10-18)12-15-23(31)35-17-7-1-2-8-17/h13-14,17-20H,1-12,15-16,26H2,(H,27,29)(H,28,30)(H,32,33)/b14-13+. The smallest absolute Gasteiger partial charge is 0.328 e. The van der Waals surface area contributed by atoms with Crippen LogP contribution in [0.15, 0.2) is 12.2 Å². The van der Waals surface area contributed by atoms with E-state index in [4.69, 9.17) is 9.47 Å². The molecular formula is C25H39N3O8. The van der Waals surface area contributed by atoms with Crippen molar-refractivity contribution >= 4 is 29.7 Å². The number of carboxylic acid groups (broad SMARTS) is 1. The molecule has 0 spiro atoms. The van der Waals surface area contributed by atoms with Gasteiger partial charge in [-0.1, -0.05) is 0 Å². The Morgan fingerprint density at radius 3 is 2.06 bits per heavy atom. The first-order valence-electron chi connectivity index (χ1n) is 12.9. The summed E-state index contributed by atoms with van der Waals surface area (Å²) in [6, 6.07) is -1.82. The van der Waals surface area contributed by atoms with E-state index in [2.05, 4.69) is 16.4 Å². The molecule has 5 N–H and O–H groups in total. The van der Waals surface area contributed by atoms with Crippen molar-refractivity contribution < 1.29 is 44.3 Å². The maximum absolute atomic E-state index is 12.7. The summed E-state index contributed by atoms with van der Waals surface area (Å²) in [6.45, 7) is 0.310. The number of amides is 2. The minimum atomic E-state index is -1.20. The first kappa shape index (κ1) is 29.3. The van der Waals surface area contributed by atoms with E-state index in [9.17, 15) is 29.1 Å². The summed E-state index contributed by atoms with van der Waals surface area (Å²) in [4.78, 5) is 59.8. The van der Waals surface area contributed by atoms with Gasteiger partial charge in [0.05, 0.1) is 5.97 Å². The highest BCUT2D eigenvalue weighted by Crippen LogP contribution is 2.23. The van der Waals surface area contributed by atoms with Crippen LogP contribution in [0.3, 0.4) is 0 Å². The van der Waals surface area contributed by atoms with Crippen LogP contribution in [0.25, 0.3) is 0 Å². The fourth-order valence-corrected chi connectivity index (χ4v) is 4.29. The molecule has 0 aromatic rings. The van der Waals surface area contributed by atoms with Gasteiger partial charge in [0.1, 0.15) is 24.3 Å². The monoisotopic (exact) mass is 509 g/mol. The molecule has 11 heteroatoms. The van der Waals surface area contributed by atoms with Crippen LogP contribution in [0.5, 0.6) is 0 Å². The highest BCUT2D eigenvalue weighted by atomic mass is 16.5. The number of hydrogen-bond acceptors (Lipinski definition) is 8. The topological polar surface area (TPSA) is 179 Å². The Labute approximate surface area is 211 Å². The second-order valence-electron chi connectivity index (χ2n) is 9.48. The summed E-state index contributed by atoms with van der Waals surface area (Å²) in [5.41, 5.74) is 3.47. The van der Waals surface area contributed by atoms with Crippen LogP contribution in [0.2, 0.25) is 0 Å². The van der Waals surface area contributed by atoms with Gasteiger partial charge in [0.2, 0.25) is 11.8 Å². The maximum Gasteiger partial charge on any atom is 0.328 e. The minimum absolute atomic E-state index is 0.0303. The summed E-state index contributed by atoms with van der Waals surface area (Å²) in [7, 11) is 0. The van der Waals surface area contributed by atoms with Crippen molar-refractivity contribution in [2.24, 2.45) is 0 Å². The van der Waals surface area contributed by atoms with Crippen molar-refractivity contribution in [3.63, 3.8) is 0 Å². The number of nitrogens with one attached hydrogen (secondary N) is 2. The molecular weight excluding hydrogens is 470 g/mol. The van der Waals surface area contributed by atoms with Crippen LogP contribution in [-0.4, -0.2) is 60.6 Å². The van der Waals surface area contributed by atoms with Gasteiger partial charge in [0.25, 0.3) is 0 Å². The van der Waals surface area contributed by atoms with E-state index in [-0.39, 0.29) is 25.0 Å². The van der Waals surface area contributed by atoms with Gasteiger partial charge in [-0.3, -0.25) is 14.4 Å². The predicted octanol–water partition coefficient (Wildman–Crippen LogP) is -0.574. The number of esters is 2. The zero-order valence-electron chi connectivity index (χ0n) is 20.8. The van der Waals surface area contributed by atoms with Crippen molar-refractivity contribution in [1.82, 2.24) is 10.6 Å². The van der Waals surface area contributed by atoms with E-state index in [0.29, 0.717) is 25.8 Å². The van der Waals surface area contributed by atoms with Crippen molar-refractivity contribution in [3.05, 3.63) is 12.2 Å². The molecule has 0 saturated heterocycles. The summed E-state index contributed by atoms with van der Waals surface area (Å²) < 4.78 is 11.0. The number of carbonyl (C=O) groups is 5. The molecule has 0 aromatic heterocycles. The molecule has 2 saturated carbocycles. The largest absolute Gasteiger partial charge is 0.544 e. The summed E-state index contributed by atoms with van der Waals surface area (Å²) >= 11 is 0. The van der Waals surface area contributed by atoms with Gasteiger partial charge >= 0.3 is 11.9 Å². The Morgan fingerprint density at radius 2 is 1.44 bits per heavy atom. The van der Waals surface area contributed by atoms with Gasteiger partial charge in [-0.15, -0.1) is 0 Å². The molecule has 36 heavy (non-hydrogen) atoms. The molecule has 2 unspecified atom stereocenters. The molecule has 0 radical (unpaired) electrons. The first-order valence-corrected chi connectivity index (χ1v) is 12.9. The summed E-state index contributed by atoms with van der Waals surface area (Å²) in [5.74, 6) is -3.36. The minimum Gasteiger partial charge on any atom is -0.544 e. The number of rotatable bonds is 15. The number of hydrogen-bond donors (Lipinski definition) is 3. The Morgan fingerprint density at radius 1 is 0.861 bits per heavy atom. The SMILES string of the molecule is [NH3+]C(CCCCNC(=O)/C=C/C(=O)NC(CCC(=O)OC1CCCC1)C(=O)OC1CCCC1)C(=O)[O-]. The molecule has 2 aliphatic rings. The average Bonchev–Trinajstić information content (AvgIpc) is 3.54. The van der Waals surface area contributed by atoms with Crippen LogP contribution in [0, 0.1) is 0 Å². The number of carbonyl (C=O) groups excluding carboxylic acids is 5. The van der Waals surface area contributed by atoms with Crippen molar-refractivity contribution in [3.8, 4) is 0 Å².